The van der Waals surface area contributed by atoms with E-state index in [9.17, 15) is 4.79 Å². The highest BCUT2D eigenvalue weighted by molar-refractivity contribution is 5.30. The molecule has 1 aliphatic heterocycles. The van der Waals surface area contributed by atoms with E-state index in [1.807, 2.05) is 6.92 Å². The zero-order chi connectivity index (χ0) is 16.0. The highest BCUT2D eigenvalue weighted by Gasteiger charge is 2.30. The van der Waals surface area contributed by atoms with Gasteiger partial charge in [0.05, 0.1) is 23.6 Å². The molecule has 0 atom stereocenters. The molecule has 0 N–H and O–H groups in total. The van der Waals surface area contributed by atoms with Crippen LogP contribution >= 0.6 is 0 Å². The first-order valence-corrected chi connectivity index (χ1v) is 8.41. The number of likely N-dealkylation sites (tertiary alicyclic amines) is 1. The first kappa shape index (κ1) is 14.6. The SMILES string of the molecule is Cc1ccc(=O)n(CC2CN(Cc3c4c(nn3C)CCC4)C2)n1. The molecule has 0 spiro atoms. The van der Waals surface area contributed by atoms with E-state index in [1.54, 1.807) is 16.8 Å². The second-order valence-electron chi connectivity index (χ2n) is 6.90. The first-order chi connectivity index (χ1) is 11.1. The second kappa shape index (κ2) is 5.60. The maximum atomic E-state index is 11.8. The monoisotopic (exact) mass is 313 g/mol. The minimum absolute atomic E-state index is 0.00138. The maximum absolute atomic E-state index is 11.8. The Morgan fingerprint density at radius 3 is 2.87 bits per heavy atom. The average Bonchev–Trinajstić information content (AvgIpc) is 3.02. The van der Waals surface area contributed by atoms with Crippen molar-refractivity contribution in [3.05, 3.63) is 45.1 Å². The molecule has 0 aromatic carbocycles. The van der Waals surface area contributed by atoms with Crippen LogP contribution in [0.4, 0.5) is 0 Å². The molecule has 23 heavy (non-hydrogen) atoms. The van der Waals surface area contributed by atoms with Crippen molar-refractivity contribution < 1.29 is 0 Å². The van der Waals surface area contributed by atoms with Crippen LogP contribution in [0.3, 0.4) is 0 Å². The Kier molecular flexibility index (Phi) is 3.56. The van der Waals surface area contributed by atoms with Gasteiger partial charge in [-0.05, 0) is 37.8 Å². The van der Waals surface area contributed by atoms with Crippen molar-refractivity contribution in [2.45, 2.75) is 39.3 Å². The van der Waals surface area contributed by atoms with Gasteiger partial charge in [-0.25, -0.2) is 4.68 Å². The lowest BCUT2D eigenvalue weighted by atomic mass is 9.99. The summed E-state index contributed by atoms with van der Waals surface area (Å²) in [5, 5.41) is 8.97. The number of aryl methyl sites for hydroxylation is 3. The van der Waals surface area contributed by atoms with Crippen LogP contribution in [0.1, 0.15) is 29.1 Å². The van der Waals surface area contributed by atoms with Crippen LogP contribution in [0.25, 0.3) is 0 Å². The molecule has 2 aliphatic rings. The molecule has 0 saturated carbocycles. The fraction of sp³-hybridized carbons (Fsp3) is 0.588. The Bertz CT molecular complexity index is 785. The van der Waals surface area contributed by atoms with Gasteiger partial charge in [-0.3, -0.25) is 14.4 Å². The van der Waals surface area contributed by atoms with Gasteiger partial charge in [0, 0.05) is 38.7 Å². The summed E-state index contributed by atoms with van der Waals surface area (Å²) in [7, 11) is 2.06. The zero-order valence-electron chi connectivity index (χ0n) is 13.8. The summed E-state index contributed by atoms with van der Waals surface area (Å²) in [5.41, 5.74) is 5.05. The number of hydrogen-bond donors (Lipinski definition) is 0. The molecule has 2 aromatic heterocycles. The summed E-state index contributed by atoms with van der Waals surface area (Å²) >= 11 is 0. The number of rotatable bonds is 4. The summed E-state index contributed by atoms with van der Waals surface area (Å²) in [4.78, 5) is 14.3. The van der Waals surface area contributed by atoms with Crippen LogP contribution in [0.15, 0.2) is 16.9 Å². The largest absolute Gasteiger partial charge is 0.297 e. The van der Waals surface area contributed by atoms with E-state index in [2.05, 4.69) is 26.8 Å². The molecule has 0 radical (unpaired) electrons. The molecule has 1 fully saturated rings. The van der Waals surface area contributed by atoms with Crippen molar-refractivity contribution in [3.8, 4) is 0 Å². The Hall–Kier alpha value is -1.95. The average molecular weight is 313 g/mol. The lowest BCUT2D eigenvalue weighted by Crippen LogP contribution is -2.49. The van der Waals surface area contributed by atoms with Crippen LogP contribution in [0.5, 0.6) is 0 Å². The van der Waals surface area contributed by atoms with Gasteiger partial charge >= 0.3 is 0 Å². The third kappa shape index (κ3) is 2.72. The van der Waals surface area contributed by atoms with E-state index in [0.29, 0.717) is 5.92 Å². The van der Waals surface area contributed by atoms with E-state index in [-0.39, 0.29) is 5.56 Å². The smallest absolute Gasteiger partial charge is 0.266 e. The fourth-order valence-corrected chi connectivity index (χ4v) is 3.84. The van der Waals surface area contributed by atoms with Crippen molar-refractivity contribution in [1.82, 2.24) is 24.5 Å². The van der Waals surface area contributed by atoms with E-state index >= 15 is 0 Å². The summed E-state index contributed by atoms with van der Waals surface area (Å²) < 4.78 is 3.67. The Balaban J connectivity index is 1.37. The molecular formula is C17H23N5O. The summed E-state index contributed by atoms with van der Waals surface area (Å²) in [5.74, 6) is 0.517. The van der Waals surface area contributed by atoms with Gasteiger partial charge in [0.1, 0.15) is 0 Å². The molecule has 6 heteroatoms. The second-order valence-corrected chi connectivity index (χ2v) is 6.90. The predicted molar refractivity (Wildman–Crippen MR) is 87.2 cm³/mol. The van der Waals surface area contributed by atoms with Crippen LogP contribution in [-0.4, -0.2) is 37.6 Å². The van der Waals surface area contributed by atoms with Crippen LogP contribution in [0, 0.1) is 12.8 Å². The highest BCUT2D eigenvalue weighted by Crippen LogP contribution is 2.27. The van der Waals surface area contributed by atoms with Gasteiger partial charge in [0.25, 0.3) is 5.56 Å². The van der Waals surface area contributed by atoms with Gasteiger partial charge in [-0.15, -0.1) is 0 Å². The minimum atomic E-state index is -0.00138. The van der Waals surface area contributed by atoms with Gasteiger partial charge in [-0.2, -0.15) is 10.2 Å². The highest BCUT2D eigenvalue weighted by atomic mass is 16.1. The molecule has 0 amide bonds. The maximum Gasteiger partial charge on any atom is 0.266 e. The van der Waals surface area contributed by atoms with Crippen molar-refractivity contribution in [2.24, 2.45) is 13.0 Å². The zero-order valence-corrected chi connectivity index (χ0v) is 13.8. The van der Waals surface area contributed by atoms with E-state index in [4.69, 9.17) is 0 Å². The number of nitrogens with zero attached hydrogens (tertiary/aromatic N) is 5. The first-order valence-electron chi connectivity index (χ1n) is 8.41. The Morgan fingerprint density at radius 2 is 2.04 bits per heavy atom. The number of aromatic nitrogens is 4. The minimum Gasteiger partial charge on any atom is -0.297 e. The standard InChI is InChI=1S/C17H23N5O/c1-12-6-7-17(23)22(18-12)10-13-8-21(9-13)11-16-14-4-3-5-15(14)19-20(16)2/h6-7,13H,3-5,8-11H2,1-2H3. The van der Waals surface area contributed by atoms with Gasteiger partial charge in [0.2, 0.25) is 0 Å². The molecular weight excluding hydrogens is 290 g/mol. The number of fused-ring (bicyclic) bond motifs is 1. The third-order valence-electron chi connectivity index (χ3n) is 5.04. The lowest BCUT2D eigenvalue weighted by molar-refractivity contribution is 0.0738. The molecule has 4 rings (SSSR count). The van der Waals surface area contributed by atoms with Crippen LogP contribution in [-0.2, 0) is 33.0 Å². The van der Waals surface area contributed by atoms with Crippen molar-refractivity contribution >= 4 is 0 Å². The Morgan fingerprint density at radius 1 is 1.22 bits per heavy atom. The summed E-state index contributed by atoms with van der Waals surface area (Å²) in [6.45, 7) is 5.68. The van der Waals surface area contributed by atoms with Gasteiger partial charge < -0.3 is 0 Å². The normalized spacial score (nSPS) is 18.2. The van der Waals surface area contributed by atoms with Crippen LogP contribution in [0.2, 0.25) is 0 Å². The lowest BCUT2D eigenvalue weighted by Gasteiger charge is -2.39. The Labute approximate surface area is 135 Å². The van der Waals surface area contributed by atoms with Gasteiger partial charge in [-0.1, -0.05) is 0 Å². The summed E-state index contributed by atoms with van der Waals surface area (Å²) in [6, 6.07) is 3.38. The molecule has 3 heterocycles. The van der Waals surface area contributed by atoms with E-state index in [0.717, 1.165) is 38.3 Å². The molecule has 2 aromatic rings. The molecule has 0 bridgehead atoms. The number of hydrogen-bond acceptors (Lipinski definition) is 4. The molecule has 6 nitrogen and oxygen atoms in total. The fourth-order valence-electron chi connectivity index (χ4n) is 3.84. The van der Waals surface area contributed by atoms with Crippen molar-refractivity contribution in [3.63, 3.8) is 0 Å². The molecule has 0 unspecified atom stereocenters. The molecule has 1 aliphatic carbocycles. The summed E-state index contributed by atoms with van der Waals surface area (Å²) in [6.07, 6.45) is 3.56. The van der Waals surface area contributed by atoms with Gasteiger partial charge in [0.15, 0.2) is 0 Å². The van der Waals surface area contributed by atoms with Crippen LogP contribution < -0.4 is 5.56 Å². The predicted octanol–water partition coefficient (Wildman–Crippen LogP) is 0.906. The van der Waals surface area contributed by atoms with E-state index < -0.39 is 0 Å². The quantitative estimate of drug-likeness (QED) is 0.842. The molecule has 122 valence electrons. The molecule has 1 saturated heterocycles. The van der Waals surface area contributed by atoms with Crippen molar-refractivity contribution in [2.75, 3.05) is 13.1 Å². The van der Waals surface area contributed by atoms with E-state index in [1.165, 1.54) is 29.8 Å². The van der Waals surface area contributed by atoms with Crippen molar-refractivity contribution in [1.29, 1.82) is 0 Å². The third-order valence-corrected chi connectivity index (χ3v) is 5.04. The topological polar surface area (TPSA) is 56.0 Å².